The predicted octanol–water partition coefficient (Wildman–Crippen LogP) is 4.51. The summed E-state index contributed by atoms with van der Waals surface area (Å²) < 4.78 is 1.85. The molecule has 0 aliphatic heterocycles. The van der Waals surface area contributed by atoms with Crippen molar-refractivity contribution in [3.63, 3.8) is 0 Å². The van der Waals surface area contributed by atoms with E-state index in [1.165, 1.54) is 5.56 Å². The van der Waals surface area contributed by atoms with Gasteiger partial charge in [0.2, 0.25) is 0 Å². The van der Waals surface area contributed by atoms with Gasteiger partial charge in [0.25, 0.3) is 0 Å². The van der Waals surface area contributed by atoms with Crippen LogP contribution in [0.4, 0.5) is 0 Å². The van der Waals surface area contributed by atoms with E-state index < -0.39 is 0 Å². The Morgan fingerprint density at radius 1 is 1.33 bits per heavy atom. The lowest BCUT2D eigenvalue weighted by molar-refractivity contribution is 0.827. The molecule has 2 nitrogen and oxygen atoms in total. The van der Waals surface area contributed by atoms with Crippen molar-refractivity contribution < 1.29 is 0 Å². The fourth-order valence-electron chi connectivity index (χ4n) is 0.989. The third-order valence-electron chi connectivity index (χ3n) is 1.57. The van der Waals surface area contributed by atoms with Gasteiger partial charge in [-0.3, -0.25) is 0 Å². The number of allylic oxidation sites excluding steroid dienone is 1. The maximum absolute atomic E-state index is 4.15. The Kier molecular flexibility index (Phi) is 12.0. The van der Waals surface area contributed by atoms with Crippen LogP contribution in [0, 0.1) is 6.92 Å². The average Bonchev–Trinajstić information content (AvgIpc) is 2.71. The minimum absolute atomic E-state index is 1.02. The van der Waals surface area contributed by atoms with Crippen molar-refractivity contribution >= 4 is 5.70 Å². The highest BCUT2D eigenvalue weighted by Crippen LogP contribution is 2.08. The monoisotopic (exact) mass is 210 g/mol. The smallest absolute Gasteiger partial charge is 0.0523 e. The SMILES string of the molecule is C=C(CCC)n1cc(C)cn1.CC.CC. The van der Waals surface area contributed by atoms with E-state index in [2.05, 4.69) is 18.6 Å². The van der Waals surface area contributed by atoms with Crippen molar-refractivity contribution in [3.8, 4) is 0 Å². The van der Waals surface area contributed by atoms with Crippen LogP contribution >= 0.6 is 0 Å². The summed E-state index contributed by atoms with van der Waals surface area (Å²) in [6, 6.07) is 0. The van der Waals surface area contributed by atoms with Gasteiger partial charge in [-0.15, -0.1) is 0 Å². The van der Waals surface area contributed by atoms with Crippen LogP contribution in [0.2, 0.25) is 0 Å². The van der Waals surface area contributed by atoms with E-state index in [4.69, 9.17) is 0 Å². The summed E-state index contributed by atoms with van der Waals surface area (Å²) in [5, 5.41) is 4.15. The molecule has 0 aliphatic carbocycles. The van der Waals surface area contributed by atoms with Crippen LogP contribution < -0.4 is 0 Å². The van der Waals surface area contributed by atoms with Crippen LogP contribution in [0.25, 0.3) is 5.70 Å². The van der Waals surface area contributed by atoms with E-state index >= 15 is 0 Å². The zero-order valence-corrected chi connectivity index (χ0v) is 11.2. The molecule has 1 heterocycles. The van der Waals surface area contributed by atoms with Gasteiger partial charge in [0.15, 0.2) is 0 Å². The molecular weight excluding hydrogens is 184 g/mol. The zero-order valence-electron chi connectivity index (χ0n) is 11.2. The Balaban J connectivity index is 0. The molecule has 0 radical (unpaired) electrons. The molecule has 0 aliphatic rings. The molecule has 88 valence electrons. The van der Waals surface area contributed by atoms with Crippen molar-refractivity contribution in [1.82, 2.24) is 9.78 Å². The Labute approximate surface area is 95.0 Å². The Morgan fingerprint density at radius 3 is 2.20 bits per heavy atom. The van der Waals surface area contributed by atoms with Crippen molar-refractivity contribution in [3.05, 3.63) is 24.5 Å². The summed E-state index contributed by atoms with van der Waals surface area (Å²) in [4.78, 5) is 0. The fourth-order valence-corrected chi connectivity index (χ4v) is 0.989. The highest BCUT2D eigenvalue weighted by atomic mass is 15.3. The molecule has 0 saturated heterocycles. The third-order valence-corrected chi connectivity index (χ3v) is 1.57. The summed E-state index contributed by atoms with van der Waals surface area (Å²) >= 11 is 0. The molecule has 0 spiro atoms. The van der Waals surface area contributed by atoms with E-state index in [1.54, 1.807) is 0 Å². The van der Waals surface area contributed by atoms with Crippen LogP contribution in [0.3, 0.4) is 0 Å². The van der Waals surface area contributed by atoms with Crippen molar-refractivity contribution in [2.45, 2.75) is 54.4 Å². The molecule has 0 unspecified atom stereocenters. The quantitative estimate of drug-likeness (QED) is 0.717. The number of hydrogen-bond donors (Lipinski definition) is 0. The van der Waals surface area contributed by atoms with Gasteiger partial charge in [-0.25, -0.2) is 4.68 Å². The molecule has 0 atom stereocenters. The number of rotatable bonds is 3. The molecule has 0 fully saturated rings. The molecule has 0 amide bonds. The van der Waals surface area contributed by atoms with Crippen molar-refractivity contribution in [1.29, 1.82) is 0 Å². The zero-order chi connectivity index (χ0) is 12.3. The first-order valence-electron chi connectivity index (χ1n) is 5.93. The molecule has 0 N–H and O–H groups in total. The van der Waals surface area contributed by atoms with Gasteiger partial charge >= 0.3 is 0 Å². The number of aromatic nitrogens is 2. The van der Waals surface area contributed by atoms with Crippen LogP contribution in [0.1, 0.15) is 53.0 Å². The molecule has 1 aromatic heterocycles. The highest BCUT2D eigenvalue weighted by molar-refractivity contribution is 5.39. The van der Waals surface area contributed by atoms with Gasteiger partial charge in [-0.05, 0) is 18.9 Å². The fraction of sp³-hybridized carbons (Fsp3) is 0.615. The molecule has 0 bridgehead atoms. The second-order valence-electron chi connectivity index (χ2n) is 2.78. The third kappa shape index (κ3) is 6.95. The minimum atomic E-state index is 1.02. The summed E-state index contributed by atoms with van der Waals surface area (Å²) in [5.74, 6) is 0. The van der Waals surface area contributed by atoms with Gasteiger partial charge < -0.3 is 0 Å². The Morgan fingerprint density at radius 2 is 1.87 bits per heavy atom. The van der Waals surface area contributed by atoms with Gasteiger partial charge in [-0.1, -0.05) is 47.6 Å². The van der Waals surface area contributed by atoms with Gasteiger partial charge in [-0.2, -0.15) is 5.10 Å². The van der Waals surface area contributed by atoms with E-state index in [0.717, 1.165) is 18.5 Å². The number of aryl methyl sites for hydroxylation is 1. The largest absolute Gasteiger partial charge is 0.245 e. The summed E-state index contributed by atoms with van der Waals surface area (Å²) in [7, 11) is 0. The molecule has 15 heavy (non-hydrogen) atoms. The maximum Gasteiger partial charge on any atom is 0.0523 e. The molecule has 1 rings (SSSR count). The highest BCUT2D eigenvalue weighted by Gasteiger charge is 1.96. The van der Waals surface area contributed by atoms with Crippen molar-refractivity contribution in [2.75, 3.05) is 0 Å². The summed E-state index contributed by atoms with van der Waals surface area (Å²) in [5.41, 5.74) is 2.25. The van der Waals surface area contributed by atoms with Gasteiger partial charge in [0.1, 0.15) is 0 Å². The van der Waals surface area contributed by atoms with Crippen LogP contribution in [0.15, 0.2) is 19.0 Å². The second kappa shape index (κ2) is 11.0. The Hall–Kier alpha value is -1.05. The lowest BCUT2D eigenvalue weighted by atomic mass is 10.3. The lowest BCUT2D eigenvalue weighted by Crippen LogP contribution is -1.94. The molecule has 0 aromatic carbocycles. The lowest BCUT2D eigenvalue weighted by Gasteiger charge is -2.01. The predicted molar refractivity (Wildman–Crippen MR) is 69.9 cm³/mol. The number of nitrogens with zero attached hydrogens (tertiary/aromatic N) is 2. The topological polar surface area (TPSA) is 17.8 Å². The van der Waals surface area contributed by atoms with E-state index in [0.29, 0.717) is 0 Å². The van der Waals surface area contributed by atoms with E-state index in [-0.39, 0.29) is 0 Å². The molecule has 2 heteroatoms. The minimum Gasteiger partial charge on any atom is -0.245 e. The summed E-state index contributed by atoms with van der Waals surface area (Å²) in [6.45, 7) is 16.1. The average molecular weight is 210 g/mol. The second-order valence-corrected chi connectivity index (χ2v) is 2.78. The molecular formula is C13H26N2. The maximum atomic E-state index is 4.15. The van der Waals surface area contributed by atoms with Crippen LogP contribution in [-0.2, 0) is 0 Å². The van der Waals surface area contributed by atoms with Crippen molar-refractivity contribution in [2.24, 2.45) is 0 Å². The van der Waals surface area contributed by atoms with E-state index in [9.17, 15) is 0 Å². The first kappa shape index (κ1) is 16.4. The van der Waals surface area contributed by atoms with E-state index in [1.807, 2.05) is 51.7 Å². The first-order valence-corrected chi connectivity index (χ1v) is 5.93. The van der Waals surface area contributed by atoms with Gasteiger partial charge in [0.05, 0.1) is 6.20 Å². The molecule has 0 saturated carbocycles. The first-order chi connectivity index (χ1) is 7.24. The molecule has 1 aromatic rings. The normalized spacial score (nSPS) is 8.13. The Bertz CT molecular complexity index is 249. The van der Waals surface area contributed by atoms with Gasteiger partial charge in [0, 0.05) is 11.9 Å². The number of hydrogen-bond acceptors (Lipinski definition) is 1. The van der Waals surface area contributed by atoms with Crippen LogP contribution in [-0.4, -0.2) is 9.78 Å². The summed E-state index contributed by atoms with van der Waals surface area (Å²) in [6.07, 6.45) is 5.98. The standard InChI is InChI=1S/C9H14N2.2C2H6/c1-4-5-9(3)11-7-8(2)6-10-11;2*1-2/h6-7H,3-5H2,1-2H3;2*1-2H3. The van der Waals surface area contributed by atoms with Crippen LogP contribution in [0.5, 0.6) is 0 Å².